The molecule has 3 heteroatoms. The summed E-state index contributed by atoms with van der Waals surface area (Å²) in [5.41, 5.74) is -0.597. The molecule has 1 saturated carbocycles. The lowest BCUT2D eigenvalue weighted by Crippen LogP contribution is -2.59. The number of likely N-dealkylation sites (tertiary alicyclic amines) is 1. The van der Waals surface area contributed by atoms with E-state index in [-0.39, 0.29) is 0 Å². The highest BCUT2D eigenvalue weighted by atomic mass is 16.4. The molecule has 0 aromatic carbocycles. The molecular formula is C13H23NO2. The Balaban J connectivity index is 2.12. The third-order valence-corrected chi connectivity index (χ3v) is 4.42. The number of hydrogen-bond donors (Lipinski definition) is 1. The van der Waals surface area contributed by atoms with E-state index in [2.05, 4.69) is 4.90 Å². The highest BCUT2D eigenvalue weighted by Crippen LogP contribution is 2.34. The summed E-state index contributed by atoms with van der Waals surface area (Å²) < 4.78 is 0. The molecule has 1 heterocycles. The molecule has 2 fully saturated rings. The van der Waals surface area contributed by atoms with Gasteiger partial charge >= 0.3 is 5.97 Å². The van der Waals surface area contributed by atoms with E-state index in [1.807, 2.05) is 6.92 Å². The fourth-order valence-electron chi connectivity index (χ4n) is 3.35. The molecule has 1 atom stereocenters. The van der Waals surface area contributed by atoms with Gasteiger partial charge in [-0.3, -0.25) is 9.69 Å². The van der Waals surface area contributed by atoms with Gasteiger partial charge in [-0.2, -0.15) is 0 Å². The second kappa shape index (κ2) is 4.74. The largest absolute Gasteiger partial charge is 0.480 e. The first kappa shape index (κ1) is 11.9. The van der Waals surface area contributed by atoms with Gasteiger partial charge in [0, 0.05) is 6.04 Å². The van der Waals surface area contributed by atoms with Crippen molar-refractivity contribution in [2.24, 2.45) is 0 Å². The van der Waals surface area contributed by atoms with Gasteiger partial charge in [0.2, 0.25) is 0 Å². The number of carbonyl (C=O) groups is 1. The lowest BCUT2D eigenvalue weighted by Gasteiger charge is -2.47. The van der Waals surface area contributed by atoms with Crippen LogP contribution in [0.25, 0.3) is 0 Å². The highest BCUT2D eigenvalue weighted by Gasteiger charge is 2.44. The molecule has 1 aliphatic carbocycles. The van der Waals surface area contributed by atoms with Gasteiger partial charge in [0.15, 0.2) is 0 Å². The fourth-order valence-corrected chi connectivity index (χ4v) is 3.35. The summed E-state index contributed by atoms with van der Waals surface area (Å²) in [6.07, 6.45) is 9.32. The Morgan fingerprint density at radius 3 is 2.50 bits per heavy atom. The second-order valence-corrected chi connectivity index (χ2v) is 5.52. The monoisotopic (exact) mass is 225 g/mol. The van der Waals surface area contributed by atoms with Crippen LogP contribution < -0.4 is 0 Å². The van der Waals surface area contributed by atoms with E-state index in [1.54, 1.807) is 0 Å². The third kappa shape index (κ3) is 2.10. The molecule has 0 bridgehead atoms. The van der Waals surface area contributed by atoms with Gasteiger partial charge in [-0.15, -0.1) is 0 Å². The zero-order chi connectivity index (χ0) is 11.6. The van der Waals surface area contributed by atoms with Crippen molar-refractivity contribution in [3.05, 3.63) is 0 Å². The number of aliphatic carboxylic acids is 1. The maximum atomic E-state index is 11.5. The molecule has 1 N–H and O–H groups in total. The zero-order valence-corrected chi connectivity index (χ0v) is 10.2. The summed E-state index contributed by atoms with van der Waals surface area (Å²) in [5, 5.41) is 9.46. The van der Waals surface area contributed by atoms with Crippen molar-refractivity contribution in [2.75, 3.05) is 6.54 Å². The van der Waals surface area contributed by atoms with E-state index in [9.17, 15) is 9.90 Å². The molecule has 0 aromatic heterocycles. The first-order chi connectivity index (χ1) is 7.64. The summed E-state index contributed by atoms with van der Waals surface area (Å²) in [6, 6.07) is 0.523. The van der Waals surface area contributed by atoms with Gasteiger partial charge in [-0.05, 0) is 45.6 Å². The van der Waals surface area contributed by atoms with Crippen LogP contribution in [-0.2, 0) is 4.79 Å². The summed E-state index contributed by atoms with van der Waals surface area (Å²) in [5.74, 6) is -0.627. The zero-order valence-electron chi connectivity index (χ0n) is 10.2. The molecular weight excluding hydrogens is 202 g/mol. The smallest absolute Gasteiger partial charge is 0.323 e. The Morgan fingerprint density at radius 2 is 1.88 bits per heavy atom. The lowest BCUT2D eigenvalue weighted by molar-refractivity contribution is -0.155. The fraction of sp³-hybridized carbons (Fsp3) is 0.923. The summed E-state index contributed by atoms with van der Waals surface area (Å²) >= 11 is 0. The maximum absolute atomic E-state index is 11.5. The molecule has 0 amide bonds. The van der Waals surface area contributed by atoms with E-state index >= 15 is 0 Å². The Morgan fingerprint density at radius 1 is 1.19 bits per heavy atom. The summed E-state index contributed by atoms with van der Waals surface area (Å²) in [7, 11) is 0. The SMILES string of the molecule is CC1(C(=O)O)CCCCN1C1CCCCC1. The summed E-state index contributed by atoms with van der Waals surface area (Å²) in [4.78, 5) is 13.8. The maximum Gasteiger partial charge on any atom is 0.323 e. The van der Waals surface area contributed by atoms with E-state index < -0.39 is 11.5 Å². The summed E-state index contributed by atoms with van der Waals surface area (Å²) in [6.45, 7) is 2.90. The second-order valence-electron chi connectivity index (χ2n) is 5.52. The van der Waals surface area contributed by atoms with Crippen LogP contribution in [0.2, 0.25) is 0 Å². The van der Waals surface area contributed by atoms with Crippen LogP contribution in [0.4, 0.5) is 0 Å². The minimum absolute atomic E-state index is 0.523. The predicted octanol–water partition coefficient (Wildman–Crippen LogP) is 2.65. The topological polar surface area (TPSA) is 40.5 Å². The first-order valence-electron chi connectivity index (χ1n) is 6.65. The van der Waals surface area contributed by atoms with Crippen LogP contribution in [0.1, 0.15) is 58.3 Å². The normalized spacial score (nSPS) is 33.8. The number of hydrogen-bond acceptors (Lipinski definition) is 2. The van der Waals surface area contributed by atoms with Crippen LogP contribution in [0.15, 0.2) is 0 Å². The predicted molar refractivity (Wildman–Crippen MR) is 63.5 cm³/mol. The molecule has 3 nitrogen and oxygen atoms in total. The Kier molecular flexibility index (Phi) is 3.53. The van der Waals surface area contributed by atoms with E-state index in [0.717, 1.165) is 19.4 Å². The van der Waals surface area contributed by atoms with E-state index in [0.29, 0.717) is 6.04 Å². The molecule has 1 unspecified atom stereocenters. The number of carboxylic acids is 1. The van der Waals surface area contributed by atoms with E-state index in [1.165, 1.54) is 38.5 Å². The highest BCUT2D eigenvalue weighted by molar-refractivity contribution is 5.78. The Bertz CT molecular complexity index is 261. The van der Waals surface area contributed by atoms with Gasteiger partial charge in [-0.25, -0.2) is 0 Å². The first-order valence-corrected chi connectivity index (χ1v) is 6.65. The molecule has 1 saturated heterocycles. The number of rotatable bonds is 2. The van der Waals surface area contributed by atoms with Crippen molar-refractivity contribution >= 4 is 5.97 Å². The van der Waals surface area contributed by atoms with Crippen LogP contribution in [-0.4, -0.2) is 34.1 Å². The average Bonchev–Trinajstić information content (AvgIpc) is 2.30. The molecule has 16 heavy (non-hydrogen) atoms. The standard InChI is InChI=1S/C13H23NO2/c1-13(12(15)16)9-5-6-10-14(13)11-7-3-2-4-8-11/h11H,2-10H2,1H3,(H,15,16). The van der Waals surface area contributed by atoms with Gasteiger partial charge in [-0.1, -0.05) is 19.3 Å². The molecule has 0 radical (unpaired) electrons. The lowest BCUT2D eigenvalue weighted by atomic mass is 9.83. The quantitative estimate of drug-likeness (QED) is 0.785. The van der Waals surface area contributed by atoms with Crippen LogP contribution >= 0.6 is 0 Å². The van der Waals surface area contributed by atoms with Crippen molar-refractivity contribution < 1.29 is 9.90 Å². The van der Waals surface area contributed by atoms with Crippen molar-refractivity contribution in [3.63, 3.8) is 0 Å². The van der Waals surface area contributed by atoms with Crippen molar-refractivity contribution in [1.82, 2.24) is 4.90 Å². The van der Waals surface area contributed by atoms with Gasteiger partial charge in [0.05, 0.1) is 0 Å². The average molecular weight is 225 g/mol. The van der Waals surface area contributed by atoms with E-state index in [4.69, 9.17) is 0 Å². The number of piperidine rings is 1. The third-order valence-electron chi connectivity index (χ3n) is 4.42. The molecule has 0 aromatic rings. The van der Waals surface area contributed by atoms with Crippen molar-refractivity contribution in [2.45, 2.75) is 69.9 Å². The van der Waals surface area contributed by atoms with Gasteiger partial charge in [0.25, 0.3) is 0 Å². The molecule has 2 aliphatic rings. The Labute approximate surface area is 97.8 Å². The van der Waals surface area contributed by atoms with Crippen molar-refractivity contribution in [3.8, 4) is 0 Å². The molecule has 1 aliphatic heterocycles. The number of nitrogens with zero attached hydrogens (tertiary/aromatic N) is 1. The van der Waals surface area contributed by atoms with Crippen LogP contribution in [0.3, 0.4) is 0 Å². The minimum Gasteiger partial charge on any atom is -0.480 e. The molecule has 2 rings (SSSR count). The van der Waals surface area contributed by atoms with Crippen LogP contribution in [0.5, 0.6) is 0 Å². The molecule has 92 valence electrons. The Hall–Kier alpha value is -0.570. The minimum atomic E-state index is -0.627. The number of carboxylic acid groups (broad SMARTS) is 1. The van der Waals surface area contributed by atoms with Crippen molar-refractivity contribution in [1.29, 1.82) is 0 Å². The van der Waals surface area contributed by atoms with Crippen LogP contribution in [0, 0.1) is 0 Å². The molecule has 0 spiro atoms. The van der Waals surface area contributed by atoms with Gasteiger partial charge in [0.1, 0.15) is 5.54 Å². The van der Waals surface area contributed by atoms with Gasteiger partial charge < -0.3 is 5.11 Å².